The molecule has 3 aromatic rings. The largest absolute Gasteiger partial charge is 0.368 e. The molecule has 0 atom stereocenters. The van der Waals surface area contributed by atoms with Crippen molar-refractivity contribution in [3.63, 3.8) is 0 Å². The van der Waals surface area contributed by atoms with E-state index >= 15 is 0 Å². The van der Waals surface area contributed by atoms with Crippen LogP contribution in [0, 0.1) is 10.1 Å². The number of benzene rings is 1. The third kappa shape index (κ3) is 2.64. The van der Waals surface area contributed by atoms with Gasteiger partial charge in [0.15, 0.2) is 0 Å². The van der Waals surface area contributed by atoms with Gasteiger partial charge in [0.25, 0.3) is 5.69 Å². The lowest BCUT2D eigenvalue weighted by atomic mass is 10.2. The maximum absolute atomic E-state index is 10.7. The van der Waals surface area contributed by atoms with E-state index in [4.69, 9.17) is 0 Å². The van der Waals surface area contributed by atoms with Crippen LogP contribution in [0.4, 0.5) is 17.2 Å². The zero-order chi connectivity index (χ0) is 16.5. The SMILES string of the molecule is O=[N+]([O-])c1ccc(N2CCN(c3ccc4[nH]ccc4c3)CC2)nc1. The van der Waals surface area contributed by atoms with Crippen LogP contribution < -0.4 is 9.80 Å². The second-order valence-electron chi connectivity index (χ2n) is 5.86. The molecular formula is C17H17N5O2. The summed E-state index contributed by atoms with van der Waals surface area (Å²) in [7, 11) is 0. The Morgan fingerprint density at radius 1 is 1.04 bits per heavy atom. The van der Waals surface area contributed by atoms with Crippen molar-refractivity contribution >= 4 is 28.1 Å². The Labute approximate surface area is 138 Å². The Kier molecular flexibility index (Phi) is 3.53. The monoisotopic (exact) mass is 323 g/mol. The molecule has 24 heavy (non-hydrogen) atoms. The van der Waals surface area contributed by atoms with E-state index in [1.165, 1.54) is 23.3 Å². The number of hydrogen-bond acceptors (Lipinski definition) is 5. The molecule has 4 rings (SSSR count). The first-order valence-corrected chi connectivity index (χ1v) is 7.88. The van der Waals surface area contributed by atoms with Crippen molar-refractivity contribution < 1.29 is 4.92 Å². The Morgan fingerprint density at radius 2 is 1.83 bits per heavy atom. The number of nitrogens with zero attached hydrogens (tertiary/aromatic N) is 4. The van der Waals surface area contributed by atoms with Gasteiger partial charge >= 0.3 is 0 Å². The molecule has 0 aliphatic carbocycles. The van der Waals surface area contributed by atoms with Crippen LogP contribution in [0.15, 0.2) is 48.8 Å². The molecule has 2 aromatic heterocycles. The molecule has 0 spiro atoms. The predicted molar refractivity (Wildman–Crippen MR) is 93.6 cm³/mol. The molecule has 1 saturated heterocycles. The number of aromatic nitrogens is 2. The molecule has 0 unspecified atom stereocenters. The summed E-state index contributed by atoms with van der Waals surface area (Å²) in [5, 5.41) is 11.9. The molecule has 122 valence electrons. The van der Waals surface area contributed by atoms with Gasteiger partial charge in [-0.3, -0.25) is 10.1 Å². The fraction of sp³-hybridized carbons (Fsp3) is 0.235. The Bertz CT molecular complexity index is 866. The number of H-pyrrole nitrogens is 1. The third-order valence-electron chi connectivity index (χ3n) is 4.45. The highest BCUT2D eigenvalue weighted by atomic mass is 16.6. The van der Waals surface area contributed by atoms with Crippen molar-refractivity contribution in [3.05, 3.63) is 58.9 Å². The number of nitro groups is 1. The van der Waals surface area contributed by atoms with Gasteiger partial charge in [-0.05, 0) is 30.3 Å². The summed E-state index contributed by atoms with van der Waals surface area (Å²) in [5.74, 6) is 0.793. The van der Waals surface area contributed by atoms with Gasteiger partial charge in [0.1, 0.15) is 12.0 Å². The highest BCUT2D eigenvalue weighted by molar-refractivity contribution is 5.83. The molecular weight excluding hydrogens is 306 g/mol. The van der Waals surface area contributed by atoms with Crippen LogP contribution in [0.3, 0.4) is 0 Å². The molecule has 0 radical (unpaired) electrons. The fourth-order valence-corrected chi connectivity index (χ4v) is 3.10. The van der Waals surface area contributed by atoms with E-state index in [1.54, 1.807) is 6.07 Å². The Hall–Kier alpha value is -3.09. The smallest absolute Gasteiger partial charge is 0.287 e. The predicted octanol–water partition coefficient (Wildman–Crippen LogP) is 2.80. The summed E-state index contributed by atoms with van der Waals surface area (Å²) < 4.78 is 0. The molecule has 1 aliphatic heterocycles. The molecule has 7 heteroatoms. The average molecular weight is 323 g/mol. The zero-order valence-corrected chi connectivity index (χ0v) is 13.1. The first-order valence-electron chi connectivity index (χ1n) is 7.88. The molecule has 0 bridgehead atoms. The molecule has 0 saturated carbocycles. The van der Waals surface area contributed by atoms with Crippen molar-refractivity contribution in [2.75, 3.05) is 36.0 Å². The van der Waals surface area contributed by atoms with Gasteiger partial charge in [-0.1, -0.05) is 0 Å². The van der Waals surface area contributed by atoms with Crippen LogP contribution in [-0.4, -0.2) is 41.1 Å². The summed E-state index contributed by atoms with van der Waals surface area (Å²) in [5.41, 5.74) is 2.39. The van der Waals surface area contributed by atoms with E-state index < -0.39 is 4.92 Å². The third-order valence-corrected chi connectivity index (χ3v) is 4.45. The molecule has 0 amide bonds. The summed E-state index contributed by atoms with van der Waals surface area (Å²) >= 11 is 0. The molecule has 1 N–H and O–H groups in total. The lowest BCUT2D eigenvalue weighted by Gasteiger charge is -2.36. The Balaban J connectivity index is 1.45. The van der Waals surface area contributed by atoms with Gasteiger partial charge in [0.05, 0.1) is 4.92 Å². The van der Waals surface area contributed by atoms with Crippen LogP contribution in [0.1, 0.15) is 0 Å². The van der Waals surface area contributed by atoms with Crippen molar-refractivity contribution in [2.24, 2.45) is 0 Å². The van der Waals surface area contributed by atoms with E-state index in [0.717, 1.165) is 37.5 Å². The van der Waals surface area contributed by atoms with Crippen molar-refractivity contribution in [1.29, 1.82) is 0 Å². The van der Waals surface area contributed by atoms with E-state index in [0.29, 0.717) is 0 Å². The summed E-state index contributed by atoms with van der Waals surface area (Å²) in [4.78, 5) is 22.2. The van der Waals surface area contributed by atoms with Crippen LogP contribution in [0.25, 0.3) is 10.9 Å². The minimum atomic E-state index is -0.425. The second-order valence-corrected chi connectivity index (χ2v) is 5.86. The highest BCUT2D eigenvalue weighted by Gasteiger charge is 2.19. The molecule has 7 nitrogen and oxygen atoms in total. The standard InChI is InChI=1S/C17H17N5O2/c23-22(24)15-2-4-17(19-12-15)21-9-7-20(8-10-21)14-1-3-16-13(11-14)5-6-18-16/h1-6,11-12,18H,7-10H2. The van der Waals surface area contributed by atoms with Gasteiger partial charge < -0.3 is 14.8 Å². The topological polar surface area (TPSA) is 78.3 Å². The molecule has 1 fully saturated rings. The summed E-state index contributed by atoms with van der Waals surface area (Å²) in [6, 6.07) is 11.8. The highest BCUT2D eigenvalue weighted by Crippen LogP contribution is 2.24. The second kappa shape index (κ2) is 5.84. The van der Waals surface area contributed by atoms with Gasteiger partial charge in [0.2, 0.25) is 0 Å². The number of aromatic amines is 1. The van der Waals surface area contributed by atoms with Crippen LogP contribution in [-0.2, 0) is 0 Å². The summed E-state index contributed by atoms with van der Waals surface area (Å²) in [6.07, 6.45) is 3.27. The minimum Gasteiger partial charge on any atom is -0.368 e. The average Bonchev–Trinajstić information content (AvgIpc) is 3.09. The first kappa shape index (κ1) is 14.5. The number of hydrogen-bond donors (Lipinski definition) is 1. The van der Waals surface area contributed by atoms with Crippen LogP contribution in [0.2, 0.25) is 0 Å². The lowest BCUT2D eigenvalue weighted by molar-refractivity contribution is -0.385. The molecule has 1 aromatic carbocycles. The van der Waals surface area contributed by atoms with Crippen LogP contribution >= 0.6 is 0 Å². The normalized spacial score (nSPS) is 15.0. The maximum Gasteiger partial charge on any atom is 0.287 e. The first-order chi connectivity index (χ1) is 11.7. The number of nitrogens with one attached hydrogen (secondary N) is 1. The molecule has 1 aliphatic rings. The van der Waals surface area contributed by atoms with E-state index in [1.807, 2.05) is 6.20 Å². The number of pyridine rings is 1. The van der Waals surface area contributed by atoms with E-state index in [2.05, 4.69) is 44.0 Å². The number of piperazine rings is 1. The van der Waals surface area contributed by atoms with E-state index in [-0.39, 0.29) is 5.69 Å². The van der Waals surface area contributed by atoms with Crippen molar-refractivity contribution in [1.82, 2.24) is 9.97 Å². The van der Waals surface area contributed by atoms with Crippen LogP contribution in [0.5, 0.6) is 0 Å². The van der Waals surface area contributed by atoms with Crippen molar-refractivity contribution in [2.45, 2.75) is 0 Å². The van der Waals surface area contributed by atoms with Gasteiger partial charge in [-0.2, -0.15) is 0 Å². The number of anilines is 2. The quantitative estimate of drug-likeness (QED) is 0.592. The summed E-state index contributed by atoms with van der Waals surface area (Å²) in [6.45, 7) is 3.48. The van der Waals surface area contributed by atoms with Crippen molar-refractivity contribution in [3.8, 4) is 0 Å². The zero-order valence-electron chi connectivity index (χ0n) is 13.1. The fourth-order valence-electron chi connectivity index (χ4n) is 3.10. The maximum atomic E-state index is 10.7. The number of rotatable bonds is 3. The van der Waals surface area contributed by atoms with Gasteiger partial charge in [-0.25, -0.2) is 4.98 Å². The van der Waals surface area contributed by atoms with E-state index in [9.17, 15) is 10.1 Å². The number of fused-ring (bicyclic) bond motifs is 1. The minimum absolute atomic E-state index is 0.0252. The lowest BCUT2D eigenvalue weighted by Crippen LogP contribution is -2.46. The van der Waals surface area contributed by atoms with Gasteiger partial charge in [0, 0.05) is 55.0 Å². The molecule has 3 heterocycles. The Morgan fingerprint density at radius 3 is 2.54 bits per heavy atom. The van der Waals surface area contributed by atoms with Gasteiger partial charge in [-0.15, -0.1) is 0 Å².